The monoisotopic (exact) mass is 372 g/mol. The van der Waals surface area contributed by atoms with Gasteiger partial charge in [0, 0.05) is 36.9 Å². The fraction of sp³-hybridized carbons (Fsp3) is 0.381. The molecule has 1 aliphatic heterocycles. The van der Waals surface area contributed by atoms with Gasteiger partial charge in [0.15, 0.2) is 5.60 Å². The van der Waals surface area contributed by atoms with E-state index in [4.69, 9.17) is 16.3 Å². The Kier molecular flexibility index (Phi) is 5.42. The standard InChI is InChI=1S/C21H25ClN2O2/c1-16-6-4-5-7-19(16)23-12-14-24(15-13-23)20(25)21(2,3)26-18-10-8-17(22)9-11-18/h4-11H,12-15H2,1-3H3. The number of carbonyl (C=O) groups excluding carboxylic acids is 1. The van der Waals surface area contributed by atoms with Crippen molar-refractivity contribution in [2.24, 2.45) is 0 Å². The van der Waals surface area contributed by atoms with Gasteiger partial charge < -0.3 is 14.5 Å². The molecule has 0 bridgehead atoms. The van der Waals surface area contributed by atoms with E-state index in [0.717, 1.165) is 13.1 Å². The second-order valence-electron chi connectivity index (χ2n) is 7.13. The summed E-state index contributed by atoms with van der Waals surface area (Å²) in [5.41, 5.74) is 1.59. The maximum absolute atomic E-state index is 13.0. The molecule has 1 heterocycles. The van der Waals surface area contributed by atoms with Gasteiger partial charge in [-0.1, -0.05) is 29.8 Å². The van der Waals surface area contributed by atoms with Crippen LogP contribution in [0.5, 0.6) is 5.75 Å². The van der Waals surface area contributed by atoms with Crippen LogP contribution in [0.15, 0.2) is 48.5 Å². The minimum atomic E-state index is -0.918. The number of carbonyl (C=O) groups is 1. The molecule has 26 heavy (non-hydrogen) atoms. The van der Waals surface area contributed by atoms with E-state index in [1.165, 1.54) is 11.3 Å². The van der Waals surface area contributed by atoms with Crippen molar-refractivity contribution in [3.05, 3.63) is 59.1 Å². The normalized spacial score (nSPS) is 15.1. The van der Waals surface area contributed by atoms with Crippen molar-refractivity contribution in [2.75, 3.05) is 31.1 Å². The number of benzene rings is 2. The zero-order chi connectivity index (χ0) is 18.7. The highest BCUT2D eigenvalue weighted by atomic mass is 35.5. The number of aryl methyl sites for hydroxylation is 1. The van der Waals surface area contributed by atoms with Crippen LogP contribution in [-0.2, 0) is 4.79 Å². The summed E-state index contributed by atoms with van der Waals surface area (Å²) in [5.74, 6) is 0.656. The molecule has 0 spiro atoms. The highest BCUT2D eigenvalue weighted by Crippen LogP contribution is 2.24. The molecule has 0 aliphatic carbocycles. The summed E-state index contributed by atoms with van der Waals surface area (Å²) in [7, 11) is 0. The highest BCUT2D eigenvalue weighted by molar-refractivity contribution is 6.30. The Morgan fingerprint density at radius 1 is 1.00 bits per heavy atom. The van der Waals surface area contributed by atoms with Crippen LogP contribution in [-0.4, -0.2) is 42.6 Å². The molecule has 0 aromatic heterocycles. The first-order valence-electron chi connectivity index (χ1n) is 8.91. The SMILES string of the molecule is Cc1ccccc1N1CCN(C(=O)C(C)(C)Oc2ccc(Cl)cc2)CC1. The molecule has 0 unspecified atom stereocenters. The molecule has 0 saturated carbocycles. The molecule has 5 heteroatoms. The van der Waals surface area contributed by atoms with Gasteiger partial charge in [0.25, 0.3) is 5.91 Å². The van der Waals surface area contributed by atoms with E-state index in [1.807, 2.05) is 18.7 Å². The van der Waals surface area contributed by atoms with E-state index in [1.54, 1.807) is 24.3 Å². The fourth-order valence-electron chi connectivity index (χ4n) is 3.29. The lowest BCUT2D eigenvalue weighted by Gasteiger charge is -2.39. The van der Waals surface area contributed by atoms with Crippen LogP contribution in [0.1, 0.15) is 19.4 Å². The molecule has 4 nitrogen and oxygen atoms in total. The molecule has 138 valence electrons. The minimum absolute atomic E-state index is 0.0110. The molecule has 1 aliphatic rings. The van der Waals surface area contributed by atoms with Gasteiger partial charge in [0.1, 0.15) is 5.75 Å². The maximum Gasteiger partial charge on any atom is 0.266 e. The van der Waals surface area contributed by atoms with Crippen molar-refractivity contribution >= 4 is 23.2 Å². The van der Waals surface area contributed by atoms with E-state index in [-0.39, 0.29) is 5.91 Å². The van der Waals surface area contributed by atoms with Crippen molar-refractivity contribution in [3.63, 3.8) is 0 Å². The molecule has 0 N–H and O–H groups in total. The Morgan fingerprint density at radius 3 is 2.23 bits per heavy atom. The predicted molar refractivity (Wildman–Crippen MR) is 106 cm³/mol. The van der Waals surface area contributed by atoms with E-state index in [0.29, 0.717) is 23.9 Å². The summed E-state index contributed by atoms with van der Waals surface area (Å²) in [4.78, 5) is 17.2. The van der Waals surface area contributed by atoms with Gasteiger partial charge >= 0.3 is 0 Å². The first-order valence-corrected chi connectivity index (χ1v) is 9.29. The summed E-state index contributed by atoms with van der Waals surface area (Å²) >= 11 is 5.91. The van der Waals surface area contributed by atoms with Crippen LogP contribution in [0.25, 0.3) is 0 Å². The van der Waals surface area contributed by atoms with Gasteiger partial charge in [0.2, 0.25) is 0 Å². The van der Waals surface area contributed by atoms with Gasteiger partial charge in [-0.3, -0.25) is 4.79 Å². The van der Waals surface area contributed by atoms with Crippen LogP contribution in [0.2, 0.25) is 5.02 Å². The first kappa shape index (κ1) is 18.6. The summed E-state index contributed by atoms with van der Waals surface area (Å²) in [5, 5.41) is 0.647. The van der Waals surface area contributed by atoms with Gasteiger partial charge in [-0.05, 0) is 56.7 Å². The number of halogens is 1. The van der Waals surface area contributed by atoms with Crippen molar-refractivity contribution < 1.29 is 9.53 Å². The molecule has 0 radical (unpaired) electrons. The average molecular weight is 373 g/mol. The van der Waals surface area contributed by atoms with Gasteiger partial charge in [-0.25, -0.2) is 0 Å². The lowest BCUT2D eigenvalue weighted by molar-refractivity contribution is -0.145. The number of hydrogen-bond acceptors (Lipinski definition) is 3. The largest absolute Gasteiger partial charge is 0.478 e. The third-order valence-corrected chi connectivity index (χ3v) is 4.98. The van der Waals surface area contributed by atoms with Crippen molar-refractivity contribution in [1.82, 2.24) is 4.90 Å². The number of piperazine rings is 1. The Balaban J connectivity index is 1.62. The quantitative estimate of drug-likeness (QED) is 0.808. The first-order chi connectivity index (χ1) is 12.4. The number of amides is 1. The highest BCUT2D eigenvalue weighted by Gasteiger charge is 2.35. The molecule has 0 atom stereocenters. The van der Waals surface area contributed by atoms with Crippen LogP contribution in [0.4, 0.5) is 5.69 Å². The second-order valence-corrected chi connectivity index (χ2v) is 7.57. The lowest BCUT2D eigenvalue weighted by Crippen LogP contribution is -2.55. The summed E-state index contributed by atoms with van der Waals surface area (Å²) in [6, 6.07) is 15.5. The Hall–Kier alpha value is -2.20. The zero-order valence-corrected chi connectivity index (χ0v) is 16.3. The number of nitrogens with zero attached hydrogens (tertiary/aromatic N) is 2. The van der Waals surface area contributed by atoms with E-state index in [2.05, 4.69) is 36.1 Å². The predicted octanol–water partition coefficient (Wildman–Crippen LogP) is 4.15. The van der Waals surface area contributed by atoms with Gasteiger partial charge in [-0.2, -0.15) is 0 Å². The summed E-state index contributed by atoms with van der Waals surface area (Å²) in [6.07, 6.45) is 0. The maximum atomic E-state index is 13.0. The minimum Gasteiger partial charge on any atom is -0.478 e. The number of para-hydroxylation sites is 1. The topological polar surface area (TPSA) is 32.8 Å². The van der Waals surface area contributed by atoms with Crippen LogP contribution < -0.4 is 9.64 Å². The lowest BCUT2D eigenvalue weighted by atomic mass is 10.1. The van der Waals surface area contributed by atoms with E-state index < -0.39 is 5.60 Å². The second kappa shape index (κ2) is 7.58. The van der Waals surface area contributed by atoms with Crippen molar-refractivity contribution in [2.45, 2.75) is 26.4 Å². The Morgan fingerprint density at radius 2 is 1.62 bits per heavy atom. The Bertz CT molecular complexity index is 766. The Labute approximate surface area is 160 Å². The third-order valence-electron chi connectivity index (χ3n) is 4.72. The van der Waals surface area contributed by atoms with Gasteiger partial charge in [0.05, 0.1) is 0 Å². The molecule has 2 aromatic carbocycles. The molecule has 1 saturated heterocycles. The molecule has 3 rings (SSSR count). The number of hydrogen-bond donors (Lipinski definition) is 0. The van der Waals surface area contributed by atoms with Crippen LogP contribution >= 0.6 is 11.6 Å². The molecular weight excluding hydrogens is 348 g/mol. The molecular formula is C21H25ClN2O2. The number of anilines is 1. The third kappa shape index (κ3) is 4.13. The fourth-order valence-corrected chi connectivity index (χ4v) is 3.42. The van der Waals surface area contributed by atoms with Crippen LogP contribution in [0.3, 0.4) is 0 Å². The molecule has 1 amide bonds. The van der Waals surface area contributed by atoms with Crippen molar-refractivity contribution in [1.29, 1.82) is 0 Å². The summed E-state index contributed by atoms with van der Waals surface area (Å²) in [6.45, 7) is 8.80. The smallest absolute Gasteiger partial charge is 0.266 e. The van der Waals surface area contributed by atoms with E-state index >= 15 is 0 Å². The molecule has 2 aromatic rings. The average Bonchev–Trinajstić information content (AvgIpc) is 2.63. The van der Waals surface area contributed by atoms with Gasteiger partial charge in [-0.15, -0.1) is 0 Å². The number of ether oxygens (including phenoxy) is 1. The zero-order valence-electron chi connectivity index (χ0n) is 15.5. The van der Waals surface area contributed by atoms with E-state index in [9.17, 15) is 4.79 Å². The van der Waals surface area contributed by atoms with Crippen molar-refractivity contribution in [3.8, 4) is 5.75 Å². The molecule has 1 fully saturated rings. The van der Waals surface area contributed by atoms with Crippen LogP contribution in [0, 0.1) is 6.92 Å². The number of rotatable bonds is 4. The summed E-state index contributed by atoms with van der Waals surface area (Å²) < 4.78 is 5.94.